The fourth-order valence-electron chi connectivity index (χ4n) is 1.98. The van der Waals surface area contributed by atoms with Crippen LogP contribution in [0.5, 0.6) is 0 Å². The normalized spacial score (nSPS) is 30.7. The molecular formula is C9H13N3O3. The number of primary amides is 1. The molecule has 0 saturated heterocycles. The highest BCUT2D eigenvalue weighted by atomic mass is 16.3. The van der Waals surface area contributed by atoms with Crippen molar-refractivity contribution in [1.29, 1.82) is 0 Å². The lowest BCUT2D eigenvalue weighted by Crippen LogP contribution is -2.19. The topological polar surface area (TPSA) is 101 Å². The maximum atomic E-state index is 11.0. The van der Waals surface area contributed by atoms with Crippen molar-refractivity contribution in [3.63, 3.8) is 0 Å². The highest BCUT2D eigenvalue weighted by molar-refractivity contribution is 5.90. The molecule has 1 fully saturated rings. The second kappa shape index (κ2) is 3.63. The van der Waals surface area contributed by atoms with Crippen LogP contribution in [0.2, 0.25) is 0 Å². The quantitative estimate of drug-likeness (QED) is 0.586. The minimum absolute atomic E-state index is 0.111. The SMILES string of the molecule is NC(=O)c1cncn1C1CC(O)C(O)C1. The molecule has 0 aromatic carbocycles. The number of carbonyl (C=O) groups is 1. The minimum Gasteiger partial charge on any atom is -0.390 e. The minimum atomic E-state index is -0.738. The van der Waals surface area contributed by atoms with Gasteiger partial charge in [-0.05, 0) is 12.8 Å². The number of carbonyl (C=O) groups excluding carboxylic acids is 1. The number of hydrogen-bond acceptors (Lipinski definition) is 4. The molecule has 0 aliphatic heterocycles. The molecule has 1 amide bonds. The van der Waals surface area contributed by atoms with Crippen LogP contribution in [-0.2, 0) is 0 Å². The number of aromatic nitrogens is 2. The first kappa shape index (κ1) is 10.1. The summed E-state index contributed by atoms with van der Waals surface area (Å²) in [4.78, 5) is 14.9. The van der Waals surface area contributed by atoms with Gasteiger partial charge in [0.1, 0.15) is 5.69 Å². The Morgan fingerprint density at radius 3 is 2.60 bits per heavy atom. The maximum absolute atomic E-state index is 11.0. The number of aliphatic hydroxyl groups is 2. The number of rotatable bonds is 2. The zero-order chi connectivity index (χ0) is 11.0. The van der Waals surface area contributed by atoms with Gasteiger partial charge >= 0.3 is 0 Å². The van der Waals surface area contributed by atoms with Crippen molar-refractivity contribution in [1.82, 2.24) is 9.55 Å². The number of nitrogens with zero attached hydrogens (tertiary/aromatic N) is 2. The highest BCUT2D eigenvalue weighted by Crippen LogP contribution is 2.31. The molecule has 4 N–H and O–H groups in total. The average molecular weight is 211 g/mol. The standard InChI is InChI=1S/C9H13N3O3/c10-9(15)6-3-11-4-12(6)5-1-7(13)8(14)2-5/h3-5,7-8,13-14H,1-2H2,(H2,10,15). The first-order valence-electron chi connectivity index (χ1n) is 4.77. The molecule has 1 saturated carbocycles. The van der Waals surface area contributed by atoms with E-state index in [1.807, 2.05) is 0 Å². The monoisotopic (exact) mass is 211 g/mol. The lowest BCUT2D eigenvalue weighted by molar-refractivity contribution is 0.0438. The van der Waals surface area contributed by atoms with Gasteiger partial charge in [-0.15, -0.1) is 0 Å². The van der Waals surface area contributed by atoms with Crippen LogP contribution < -0.4 is 5.73 Å². The van der Waals surface area contributed by atoms with Crippen LogP contribution in [0.4, 0.5) is 0 Å². The highest BCUT2D eigenvalue weighted by Gasteiger charge is 2.33. The van der Waals surface area contributed by atoms with Gasteiger partial charge in [-0.1, -0.05) is 0 Å². The summed E-state index contributed by atoms with van der Waals surface area (Å²) in [7, 11) is 0. The maximum Gasteiger partial charge on any atom is 0.266 e. The van der Waals surface area contributed by atoms with Crippen LogP contribution in [0.15, 0.2) is 12.5 Å². The van der Waals surface area contributed by atoms with Gasteiger partial charge in [-0.2, -0.15) is 0 Å². The molecule has 1 aliphatic rings. The lowest BCUT2D eigenvalue weighted by atomic mass is 10.2. The van der Waals surface area contributed by atoms with Crippen LogP contribution in [-0.4, -0.2) is 37.9 Å². The van der Waals surface area contributed by atoms with Crippen LogP contribution >= 0.6 is 0 Å². The molecule has 15 heavy (non-hydrogen) atoms. The summed E-state index contributed by atoms with van der Waals surface area (Å²) in [5, 5.41) is 18.8. The Morgan fingerprint density at radius 2 is 2.07 bits per heavy atom. The first-order valence-corrected chi connectivity index (χ1v) is 4.77. The average Bonchev–Trinajstić information content (AvgIpc) is 2.73. The molecule has 1 aliphatic carbocycles. The molecule has 1 aromatic rings. The van der Waals surface area contributed by atoms with Crippen LogP contribution in [0.25, 0.3) is 0 Å². The van der Waals surface area contributed by atoms with Gasteiger partial charge in [0, 0.05) is 6.04 Å². The molecule has 82 valence electrons. The van der Waals surface area contributed by atoms with E-state index in [1.165, 1.54) is 12.5 Å². The molecule has 0 bridgehead atoms. The van der Waals surface area contributed by atoms with Crippen molar-refractivity contribution in [2.24, 2.45) is 5.73 Å². The predicted molar refractivity (Wildman–Crippen MR) is 51.0 cm³/mol. The Morgan fingerprint density at radius 1 is 1.47 bits per heavy atom. The van der Waals surface area contributed by atoms with E-state index in [0.717, 1.165) is 0 Å². The molecule has 2 unspecified atom stereocenters. The van der Waals surface area contributed by atoms with E-state index in [-0.39, 0.29) is 6.04 Å². The van der Waals surface area contributed by atoms with Gasteiger partial charge in [0.05, 0.1) is 24.7 Å². The summed E-state index contributed by atoms with van der Waals surface area (Å²) in [6.45, 7) is 0. The predicted octanol–water partition coefficient (Wildman–Crippen LogP) is -0.961. The van der Waals surface area contributed by atoms with E-state index in [0.29, 0.717) is 18.5 Å². The fraction of sp³-hybridized carbons (Fsp3) is 0.556. The van der Waals surface area contributed by atoms with E-state index in [2.05, 4.69) is 4.98 Å². The lowest BCUT2D eigenvalue weighted by Gasteiger charge is -2.12. The van der Waals surface area contributed by atoms with E-state index < -0.39 is 18.1 Å². The summed E-state index contributed by atoms with van der Waals surface area (Å²) in [6, 6.07) is -0.111. The molecular weight excluding hydrogens is 198 g/mol. The third kappa shape index (κ3) is 1.73. The third-order valence-corrected chi connectivity index (χ3v) is 2.78. The number of nitrogens with two attached hydrogens (primary N) is 1. The molecule has 6 nitrogen and oxygen atoms in total. The van der Waals surface area contributed by atoms with Crippen molar-refractivity contribution in [3.05, 3.63) is 18.2 Å². The number of amides is 1. The Hall–Kier alpha value is -1.40. The zero-order valence-electron chi connectivity index (χ0n) is 8.08. The summed E-state index contributed by atoms with van der Waals surface area (Å²) < 4.78 is 1.61. The molecule has 0 radical (unpaired) electrons. The second-order valence-corrected chi connectivity index (χ2v) is 3.81. The zero-order valence-corrected chi connectivity index (χ0v) is 8.08. The Balaban J connectivity index is 2.24. The van der Waals surface area contributed by atoms with Gasteiger partial charge in [-0.25, -0.2) is 4.98 Å². The number of aliphatic hydroxyl groups excluding tert-OH is 2. The fourth-order valence-corrected chi connectivity index (χ4v) is 1.98. The van der Waals surface area contributed by atoms with E-state index in [1.54, 1.807) is 4.57 Å². The van der Waals surface area contributed by atoms with Crippen molar-refractivity contribution in [2.75, 3.05) is 0 Å². The van der Waals surface area contributed by atoms with Gasteiger partial charge in [0.25, 0.3) is 5.91 Å². The smallest absolute Gasteiger partial charge is 0.266 e. The molecule has 1 heterocycles. The molecule has 0 spiro atoms. The third-order valence-electron chi connectivity index (χ3n) is 2.78. The summed E-state index contributed by atoms with van der Waals surface area (Å²) in [6.07, 6.45) is 2.24. The van der Waals surface area contributed by atoms with E-state index >= 15 is 0 Å². The second-order valence-electron chi connectivity index (χ2n) is 3.81. The number of hydrogen-bond donors (Lipinski definition) is 3. The Bertz CT molecular complexity index is 366. The Labute approximate surface area is 86.3 Å². The Kier molecular flexibility index (Phi) is 2.45. The largest absolute Gasteiger partial charge is 0.390 e. The van der Waals surface area contributed by atoms with Crippen molar-refractivity contribution in [2.45, 2.75) is 31.1 Å². The van der Waals surface area contributed by atoms with Crippen molar-refractivity contribution in [3.8, 4) is 0 Å². The summed E-state index contributed by atoms with van der Waals surface area (Å²) in [5.41, 5.74) is 5.48. The van der Waals surface area contributed by atoms with Crippen LogP contribution in [0, 0.1) is 0 Å². The van der Waals surface area contributed by atoms with Gasteiger partial charge in [0.15, 0.2) is 0 Å². The number of imidazole rings is 1. The van der Waals surface area contributed by atoms with Gasteiger partial charge < -0.3 is 20.5 Å². The van der Waals surface area contributed by atoms with Crippen LogP contribution in [0.1, 0.15) is 29.4 Å². The van der Waals surface area contributed by atoms with Gasteiger partial charge in [-0.3, -0.25) is 4.79 Å². The first-order chi connectivity index (χ1) is 7.09. The van der Waals surface area contributed by atoms with Crippen molar-refractivity contribution >= 4 is 5.91 Å². The van der Waals surface area contributed by atoms with Gasteiger partial charge in [0.2, 0.25) is 0 Å². The molecule has 6 heteroatoms. The van der Waals surface area contributed by atoms with Crippen LogP contribution in [0.3, 0.4) is 0 Å². The molecule has 1 aromatic heterocycles. The molecule has 2 atom stereocenters. The summed E-state index contributed by atoms with van der Waals surface area (Å²) >= 11 is 0. The summed E-state index contributed by atoms with van der Waals surface area (Å²) in [5.74, 6) is -0.552. The van der Waals surface area contributed by atoms with Crippen molar-refractivity contribution < 1.29 is 15.0 Å². The van der Waals surface area contributed by atoms with E-state index in [4.69, 9.17) is 5.73 Å². The van der Waals surface area contributed by atoms with E-state index in [9.17, 15) is 15.0 Å². The molecule has 2 rings (SSSR count).